The molecule has 1 heterocycles. The zero-order chi connectivity index (χ0) is 6.74. The minimum Gasteiger partial charge on any atom is -0.261 e. The molecule has 2 nitrogen and oxygen atoms in total. The highest BCUT2D eigenvalue weighted by molar-refractivity contribution is 5.85. The van der Waals surface area contributed by atoms with Gasteiger partial charge in [-0.25, -0.2) is 4.99 Å². The summed E-state index contributed by atoms with van der Waals surface area (Å²) in [6.45, 7) is 4.27. The third-order valence-corrected chi connectivity index (χ3v) is 1.92. The molecule has 2 heteroatoms. The van der Waals surface area contributed by atoms with E-state index in [2.05, 4.69) is 23.8 Å². The molecule has 9 heavy (non-hydrogen) atoms. The van der Waals surface area contributed by atoms with E-state index in [1.54, 1.807) is 6.34 Å². The Balaban J connectivity index is 2.69. The fraction of sp³-hybridized carbons (Fsp3) is 0.714. The van der Waals surface area contributed by atoms with Crippen molar-refractivity contribution in [1.82, 2.24) is 0 Å². The first-order valence-corrected chi connectivity index (χ1v) is 3.41. The van der Waals surface area contributed by atoms with E-state index >= 15 is 0 Å². The summed E-state index contributed by atoms with van der Waals surface area (Å²) in [7, 11) is 0. The van der Waals surface area contributed by atoms with Crippen LogP contribution in [0.4, 0.5) is 0 Å². The minimum atomic E-state index is 0.0556. The summed E-state index contributed by atoms with van der Waals surface area (Å²) >= 11 is 0. The second-order valence-electron chi connectivity index (χ2n) is 2.33. The van der Waals surface area contributed by atoms with Crippen LogP contribution in [0.1, 0.15) is 26.7 Å². The van der Waals surface area contributed by atoms with Crippen molar-refractivity contribution in [2.75, 3.05) is 0 Å². The molecule has 0 aliphatic carbocycles. The highest BCUT2D eigenvalue weighted by Crippen LogP contribution is 2.19. The van der Waals surface area contributed by atoms with Gasteiger partial charge in [0.1, 0.15) is 6.34 Å². The van der Waals surface area contributed by atoms with Crippen LogP contribution in [-0.2, 0) is 0 Å². The molecule has 1 aliphatic heterocycles. The maximum Gasteiger partial charge on any atom is 0.110 e. The number of hydrogen-bond acceptors (Lipinski definition) is 2. The molecule has 0 saturated heterocycles. The van der Waals surface area contributed by atoms with Gasteiger partial charge in [0.25, 0.3) is 0 Å². The number of rotatable bonds is 2. The van der Waals surface area contributed by atoms with Gasteiger partial charge in [-0.3, -0.25) is 4.99 Å². The second kappa shape index (κ2) is 2.29. The number of aliphatic imine (C=N–C) groups is 2. The Hall–Kier alpha value is -0.660. The molecule has 0 spiro atoms. The normalized spacial score (nSPS) is 21.1. The first-order valence-electron chi connectivity index (χ1n) is 3.41. The van der Waals surface area contributed by atoms with Crippen LogP contribution in [0, 0.1) is 0 Å². The first-order chi connectivity index (χ1) is 4.33. The van der Waals surface area contributed by atoms with Gasteiger partial charge in [0.2, 0.25) is 0 Å². The quantitative estimate of drug-likeness (QED) is 0.535. The Morgan fingerprint density at radius 1 is 1.33 bits per heavy atom. The molecule has 0 bridgehead atoms. The summed E-state index contributed by atoms with van der Waals surface area (Å²) in [4.78, 5) is 8.22. The van der Waals surface area contributed by atoms with E-state index in [9.17, 15) is 0 Å². The molecule has 0 radical (unpaired) electrons. The molecular weight excluding hydrogens is 112 g/mol. The van der Waals surface area contributed by atoms with Crippen molar-refractivity contribution < 1.29 is 0 Å². The summed E-state index contributed by atoms with van der Waals surface area (Å²) in [6.07, 6.45) is 5.70. The van der Waals surface area contributed by atoms with Gasteiger partial charge >= 0.3 is 0 Å². The Bertz CT molecular complexity index is 129. The van der Waals surface area contributed by atoms with E-state index in [-0.39, 0.29) is 5.54 Å². The Kier molecular flexibility index (Phi) is 1.65. The third kappa shape index (κ3) is 1.02. The number of nitrogens with zero attached hydrogens (tertiary/aromatic N) is 2. The van der Waals surface area contributed by atoms with Crippen LogP contribution < -0.4 is 0 Å². The molecule has 1 rings (SSSR count). The molecule has 0 unspecified atom stereocenters. The molecule has 0 aromatic rings. The molecule has 0 atom stereocenters. The van der Waals surface area contributed by atoms with Crippen molar-refractivity contribution in [3.63, 3.8) is 0 Å². The number of hydrogen-bond donors (Lipinski definition) is 0. The van der Waals surface area contributed by atoms with E-state index in [4.69, 9.17) is 0 Å². The zero-order valence-electron chi connectivity index (χ0n) is 5.96. The topological polar surface area (TPSA) is 24.7 Å². The van der Waals surface area contributed by atoms with Crippen LogP contribution in [0.25, 0.3) is 0 Å². The van der Waals surface area contributed by atoms with Gasteiger partial charge in [-0.15, -0.1) is 0 Å². The fourth-order valence-corrected chi connectivity index (χ4v) is 0.969. The molecule has 50 valence electrons. The summed E-state index contributed by atoms with van der Waals surface area (Å²) in [5.74, 6) is 0. The van der Waals surface area contributed by atoms with Crippen molar-refractivity contribution in [2.45, 2.75) is 32.2 Å². The van der Waals surface area contributed by atoms with Crippen LogP contribution in [0.15, 0.2) is 9.98 Å². The molecule has 0 amide bonds. The average molecular weight is 124 g/mol. The molecule has 0 aromatic carbocycles. The molecule has 0 saturated carbocycles. The fourth-order valence-electron chi connectivity index (χ4n) is 0.969. The predicted molar refractivity (Wildman–Crippen MR) is 40.3 cm³/mol. The first kappa shape index (κ1) is 6.46. The maximum absolute atomic E-state index is 4.26. The van der Waals surface area contributed by atoms with Crippen LogP contribution in [-0.4, -0.2) is 18.1 Å². The van der Waals surface area contributed by atoms with Crippen LogP contribution in [0.3, 0.4) is 0 Å². The largest absolute Gasteiger partial charge is 0.261 e. The summed E-state index contributed by atoms with van der Waals surface area (Å²) in [5, 5.41) is 0. The molecule has 1 aliphatic rings. The van der Waals surface area contributed by atoms with E-state index in [1.165, 1.54) is 0 Å². The van der Waals surface area contributed by atoms with E-state index < -0.39 is 0 Å². The van der Waals surface area contributed by atoms with Crippen LogP contribution in [0.2, 0.25) is 0 Å². The Morgan fingerprint density at radius 3 is 2.22 bits per heavy atom. The summed E-state index contributed by atoms with van der Waals surface area (Å²) in [5.41, 5.74) is 0.0556. The van der Waals surface area contributed by atoms with Crippen LogP contribution >= 0.6 is 0 Å². The Labute approximate surface area is 55.7 Å². The lowest BCUT2D eigenvalue weighted by Crippen LogP contribution is -2.23. The lowest BCUT2D eigenvalue weighted by Gasteiger charge is -2.17. The standard InChI is InChI=1S/C7H12N2/c1-3-7(4-2)5-8-6-9-7/h5-6H,3-4H2,1-2H3. The van der Waals surface area contributed by atoms with Gasteiger partial charge < -0.3 is 0 Å². The zero-order valence-corrected chi connectivity index (χ0v) is 5.96. The van der Waals surface area contributed by atoms with Crippen molar-refractivity contribution >= 4 is 12.6 Å². The van der Waals surface area contributed by atoms with Gasteiger partial charge in [0.15, 0.2) is 0 Å². The van der Waals surface area contributed by atoms with E-state index in [1.807, 2.05) is 6.21 Å². The van der Waals surface area contributed by atoms with Gasteiger partial charge in [0.05, 0.1) is 5.54 Å². The van der Waals surface area contributed by atoms with Gasteiger partial charge in [-0.1, -0.05) is 13.8 Å². The summed E-state index contributed by atoms with van der Waals surface area (Å²) in [6, 6.07) is 0. The predicted octanol–water partition coefficient (Wildman–Crippen LogP) is 1.66. The molecule has 0 aromatic heterocycles. The second-order valence-corrected chi connectivity index (χ2v) is 2.33. The monoisotopic (exact) mass is 124 g/mol. The van der Waals surface area contributed by atoms with Crippen molar-refractivity contribution in [1.29, 1.82) is 0 Å². The van der Waals surface area contributed by atoms with Crippen molar-refractivity contribution in [3.05, 3.63) is 0 Å². The van der Waals surface area contributed by atoms with Gasteiger partial charge in [-0.2, -0.15) is 0 Å². The van der Waals surface area contributed by atoms with E-state index in [0.29, 0.717) is 0 Å². The van der Waals surface area contributed by atoms with Crippen LogP contribution in [0.5, 0.6) is 0 Å². The third-order valence-electron chi connectivity index (χ3n) is 1.92. The highest BCUT2D eigenvalue weighted by atomic mass is 15.0. The average Bonchev–Trinajstić information content (AvgIpc) is 2.36. The van der Waals surface area contributed by atoms with Crippen molar-refractivity contribution in [2.24, 2.45) is 9.98 Å². The highest BCUT2D eigenvalue weighted by Gasteiger charge is 2.23. The molecule has 0 fully saturated rings. The van der Waals surface area contributed by atoms with Gasteiger partial charge in [-0.05, 0) is 12.8 Å². The maximum atomic E-state index is 4.26. The Morgan fingerprint density at radius 2 is 2.00 bits per heavy atom. The molecular formula is C7H12N2. The SMILES string of the molecule is CCC1(CC)C=NC=N1. The summed E-state index contributed by atoms with van der Waals surface area (Å²) < 4.78 is 0. The minimum absolute atomic E-state index is 0.0556. The smallest absolute Gasteiger partial charge is 0.110 e. The lowest BCUT2D eigenvalue weighted by molar-refractivity contribution is 0.551. The van der Waals surface area contributed by atoms with E-state index in [0.717, 1.165) is 12.8 Å². The molecule has 0 N–H and O–H groups in total. The lowest BCUT2D eigenvalue weighted by atomic mass is 9.96. The van der Waals surface area contributed by atoms with Gasteiger partial charge in [0, 0.05) is 6.21 Å². The van der Waals surface area contributed by atoms with Crippen molar-refractivity contribution in [3.8, 4) is 0 Å².